The molecule has 1 aromatic carbocycles. The minimum absolute atomic E-state index is 0.0271. The quantitative estimate of drug-likeness (QED) is 0.846. The predicted molar refractivity (Wildman–Crippen MR) is 78.8 cm³/mol. The zero-order chi connectivity index (χ0) is 15.6. The van der Waals surface area contributed by atoms with E-state index in [1.54, 1.807) is 0 Å². The fraction of sp³-hybridized carbons (Fsp3) is 0.462. The van der Waals surface area contributed by atoms with Gasteiger partial charge < -0.3 is 5.32 Å². The van der Waals surface area contributed by atoms with Crippen LogP contribution in [0.1, 0.15) is 42.5 Å². The van der Waals surface area contributed by atoms with Gasteiger partial charge in [-0.05, 0) is 25.0 Å². The average molecular weight is 354 g/mol. The van der Waals surface area contributed by atoms with Gasteiger partial charge in [0, 0.05) is 21.7 Å². The largest absolute Gasteiger partial charge is 0.349 e. The normalized spacial score (nSPS) is 16.7. The molecule has 1 aliphatic carbocycles. The average Bonchev–Trinajstić information content (AvgIpc) is 2.40. The molecule has 0 spiro atoms. The molecule has 0 aliphatic heterocycles. The van der Waals surface area contributed by atoms with Crippen molar-refractivity contribution in [3.8, 4) is 0 Å². The number of amides is 1. The van der Waals surface area contributed by atoms with E-state index in [0.717, 1.165) is 44.2 Å². The van der Waals surface area contributed by atoms with Gasteiger partial charge in [0.05, 0.1) is 5.56 Å². The highest BCUT2D eigenvalue weighted by Crippen LogP contribution is 2.27. The predicted octanol–water partition coefficient (Wildman–Crippen LogP) is 3.47. The van der Waals surface area contributed by atoms with Gasteiger partial charge in [0.15, 0.2) is 5.82 Å². The van der Waals surface area contributed by atoms with E-state index in [1.165, 1.54) is 0 Å². The van der Waals surface area contributed by atoms with Crippen molar-refractivity contribution in [3.63, 3.8) is 0 Å². The van der Waals surface area contributed by atoms with Gasteiger partial charge in [-0.2, -0.15) is 0 Å². The number of hydrogen-bond donors (Lipinski definition) is 1. The van der Waals surface area contributed by atoms with Crippen LogP contribution in [0.15, 0.2) is 17.0 Å². The van der Waals surface area contributed by atoms with Gasteiger partial charge in [0.1, 0.15) is 4.90 Å². The van der Waals surface area contributed by atoms with Crippen LogP contribution in [-0.2, 0) is 9.05 Å². The third kappa shape index (κ3) is 4.08. The van der Waals surface area contributed by atoms with E-state index in [-0.39, 0.29) is 11.1 Å². The van der Waals surface area contributed by atoms with Crippen LogP contribution in [0.4, 0.5) is 4.39 Å². The van der Waals surface area contributed by atoms with E-state index in [0.29, 0.717) is 0 Å². The van der Waals surface area contributed by atoms with E-state index in [4.69, 9.17) is 22.3 Å². The second-order valence-corrected chi connectivity index (χ2v) is 7.98. The first-order chi connectivity index (χ1) is 9.79. The van der Waals surface area contributed by atoms with Crippen molar-refractivity contribution >= 4 is 37.2 Å². The zero-order valence-corrected chi connectivity index (χ0v) is 13.4. The molecule has 0 atom stereocenters. The van der Waals surface area contributed by atoms with E-state index < -0.39 is 31.2 Å². The first-order valence-electron chi connectivity index (χ1n) is 6.53. The number of hydrogen-bond acceptors (Lipinski definition) is 3. The second-order valence-electron chi connectivity index (χ2n) is 5.01. The Bertz CT molecular complexity index is 658. The number of benzene rings is 1. The van der Waals surface area contributed by atoms with Crippen molar-refractivity contribution in [3.05, 3.63) is 28.5 Å². The molecule has 0 aromatic heterocycles. The van der Waals surface area contributed by atoms with Gasteiger partial charge in [-0.25, -0.2) is 12.8 Å². The Morgan fingerprint density at radius 2 is 1.86 bits per heavy atom. The molecule has 1 saturated carbocycles. The van der Waals surface area contributed by atoms with Gasteiger partial charge in [-0.3, -0.25) is 4.79 Å². The second kappa shape index (κ2) is 6.50. The summed E-state index contributed by atoms with van der Waals surface area (Å²) in [5, 5.41) is 2.64. The minimum Gasteiger partial charge on any atom is -0.349 e. The Morgan fingerprint density at radius 3 is 2.43 bits per heavy atom. The lowest BCUT2D eigenvalue weighted by molar-refractivity contribution is 0.0923. The van der Waals surface area contributed by atoms with Crippen LogP contribution in [0.25, 0.3) is 0 Å². The van der Waals surface area contributed by atoms with Crippen LogP contribution in [-0.4, -0.2) is 20.4 Å². The SMILES string of the molecule is O=C(NC1CCCCC1)c1cc(Cl)cc(S(=O)(=O)Cl)c1F. The van der Waals surface area contributed by atoms with Gasteiger partial charge in [0.25, 0.3) is 15.0 Å². The van der Waals surface area contributed by atoms with Crippen molar-refractivity contribution in [2.45, 2.75) is 43.0 Å². The Hall–Kier alpha value is -0.850. The van der Waals surface area contributed by atoms with Crippen LogP contribution in [0.3, 0.4) is 0 Å². The Balaban J connectivity index is 2.30. The highest BCUT2D eigenvalue weighted by Gasteiger charge is 2.25. The number of carbonyl (C=O) groups excluding carboxylic acids is 1. The van der Waals surface area contributed by atoms with Gasteiger partial charge in [-0.1, -0.05) is 30.9 Å². The molecule has 0 saturated heterocycles. The summed E-state index contributed by atoms with van der Waals surface area (Å²) in [4.78, 5) is 11.3. The summed E-state index contributed by atoms with van der Waals surface area (Å²) in [6.45, 7) is 0. The molecule has 1 amide bonds. The lowest BCUT2D eigenvalue weighted by Gasteiger charge is -2.23. The molecule has 4 nitrogen and oxygen atoms in total. The summed E-state index contributed by atoms with van der Waals surface area (Å²) in [6, 6.07) is 1.96. The Labute approximate surface area is 132 Å². The smallest absolute Gasteiger partial charge is 0.264 e. The van der Waals surface area contributed by atoms with E-state index in [1.807, 2.05) is 0 Å². The molecule has 1 aromatic rings. The molecular weight excluding hydrogens is 340 g/mol. The topological polar surface area (TPSA) is 63.2 Å². The van der Waals surface area contributed by atoms with Crippen LogP contribution < -0.4 is 5.32 Å². The first-order valence-corrected chi connectivity index (χ1v) is 9.22. The Morgan fingerprint density at radius 1 is 1.24 bits per heavy atom. The highest BCUT2D eigenvalue weighted by molar-refractivity contribution is 8.13. The van der Waals surface area contributed by atoms with Crippen LogP contribution in [0, 0.1) is 5.82 Å². The minimum atomic E-state index is -4.31. The molecule has 8 heteroatoms. The number of rotatable bonds is 3. The van der Waals surface area contributed by atoms with Crippen molar-refractivity contribution in [1.29, 1.82) is 0 Å². The van der Waals surface area contributed by atoms with E-state index in [2.05, 4.69) is 5.32 Å². The summed E-state index contributed by atoms with van der Waals surface area (Å²) in [7, 11) is 0.834. The molecule has 21 heavy (non-hydrogen) atoms. The van der Waals surface area contributed by atoms with E-state index >= 15 is 0 Å². The lowest BCUT2D eigenvalue weighted by Crippen LogP contribution is -2.36. The van der Waals surface area contributed by atoms with Crippen molar-refractivity contribution in [2.24, 2.45) is 0 Å². The molecule has 2 rings (SSSR count). The third-order valence-electron chi connectivity index (χ3n) is 3.45. The lowest BCUT2D eigenvalue weighted by atomic mass is 9.95. The fourth-order valence-corrected chi connectivity index (χ4v) is 3.63. The molecule has 1 aliphatic rings. The Kier molecular flexibility index (Phi) is 5.11. The summed E-state index contributed by atoms with van der Waals surface area (Å²) in [5.74, 6) is -1.86. The van der Waals surface area contributed by atoms with E-state index in [9.17, 15) is 17.6 Å². The number of nitrogens with one attached hydrogen (secondary N) is 1. The summed E-state index contributed by atoms with van der Waals surface area (Å²) < 4.78 is 36.8. The fourth-order valence-electron chi connectivity index (χ4n) is 2.42. The summed E-state index contributed by atoms with van der Waals surface area (Å²) in [6.07, 6.45) is 4.78. The summed E-state index contributed by atoms with van der Waals surface area (Å²) >= 11 is 5.75. The maximum atomic E-state index is 14.2. The van der Waals surface area contributed by atoms with Crippen LogP contribution in [0.5, 0.6) is 0 Å². The monoisotopic (exact) mass is 353 g/mol. The molecule has 0 radical (unpaired) electrons. The van der Waals surface area contributed by atoms with Crippen LogP contribution >= 0.6 is 22.3 Å². The number of carbonyl (C=O) groups is 1. The standard InChI is InChI=1S/C13H14Cl2FNO3S/c14-8-6-10(12(16)11(7-8)21(15,19)20)13(18)17-9-4-2-1-3-5-9/h6-7,9H,1-5H2,(H,17,18). The van der Waals surface area contributed by atoms with Crippen molar-refractivity contribution in [2.75, 3.05) is 0 Å². The van der Waals surface area contributed by atoms with Gasteiger partial charge >= 0.3 is 0 Å². The molecule has 0 unspecified atom stereocenters. The molecule has 1 fully saturated rings. The van der Waals surface area contributed by atoms with Gasteiger partial charge in [0.2, 0.25) is 0 Å². The third-order valence-corrected chi connectivity index (χ3v) is 4.99. The molecule has 1 N–H and O–H groups in total. The molecule has 0 bridgehead atoms. The van der Waals surface area contributed by atoms with Crippen molar-refractivity contribution in [1.82, 2.24) is 5.32 Å². The molecule has 116 valence electrons. The maximum Gasteiger partial charge on any atom is 0.264 e. The number of halogens is 3. The van der Waals surface area contributed by atoms with Crippen LogP contribution in [0.2, 0.25) is 5.02 Å². The van der Waals surface area contributed by atoms with Crippen molar-refractivity contribution < 1.29 is 17.6 Å². The highest BCUT2D eigenvalue weighted by atomic mass is 35.7. The zero-order valence-electron chi connectivity index (χ0n) is 11.0. The van der Waals surface area contributed by atoms with Gasteiger partial charge in [-0.15, -0.1) is 0 Å². The summed E-state index contributed by atoms with van der Waals surface area (Å²) in [5.41, 5.74) is -0.410. The molecule has 0 heterocycles. The molecular formula is C13H14Cl2FNO3S. The maximum absolute atomic E-state index is 14.2. The first kappa shape index (κ1) is 16.5.